The molecule has 1 amide bonds. The number of amides is 1. The molecule has 7 nitrogen and oxygen atoms in total. The van der Waals surface area contributed by atoms with Crippen LogP contribution in [0.2, 0.25) is 0 Å². The number of hydrogen-bond donors (Lipinski definition) is 2. The Labute approximate surface area is 109 Å². The third-order valence-corrected chi connectivity index (χ3v) is 2.72. The molecule has 0 saturated heterocycles. The van der Waals surface area contributed by atoms with Crippen molar-refractivity contribution in [2.24, 2.45) is 5.11 Å². The number of hydrogen-bond acceptors (Lipinski definition) is 3. The van der Waals surface area contributed by atoms with Crippen molar-refractivity contribution in [2.45, 2.75) is 12.8 Å². The summed E-state index contributed by atoms with van der Waals surface area (Å²) in [6, 6.07) is 5.33. The Kier molecular flexibility index (Phi) is 4.36. The molecule has 0 aliphatic rings. The Morgan fingerprint density at radius 1 is 1.47 bits per heavy atom. The molecule has 2 aromatic rings. The van der Waals surface area contributed by atoms with Gasteiger partial charge in [0.2, 0.25) is 0 Å². The molecule has 0 spiro atoms. The number of rotatable bonds is 6. The fourth-order valence-electron chi connectivity index (χ4n) is 1.73. The summed E-state index contributed by atoms with van der Waals surface area (Å²) >= 11 is 0. The van der Waals surface area contributed by atoms with E-state index >= 15 is 0 Å². The first-order valence-corrected chi connectivity index (χ1v) is 6.03. The van der Waals surface area contributed by atoms with Crippen molar-refractivity contribution in [2.75, 3.05) is 13.1 Å². The number of carbonyl (C=O) groups excluding carboxylic acids is 1. The number of unbranched alkanes of at least 4 members (excludes halogenated alkanes) is 1. The number of aromatic amines is 1. The maximum absolute atomic E-state index is 11.9. The summed E-state index contributed by atoms with van der Waals surface area (Å²) in [7, 11) is 0. The number of benzene rings is 1. The molecule has 0 fully saturated rings. The zero-order valence-corrected chi connectivity index (χ0v) is 10.3. The molecule has 0 unspecified atom stereocenters. The molecule has 2 rings (SSSR count). The summed E-state index contributed by atoms with van der Waals surface area (Å²) in [5.74, 6) is -0.111. The normalized spacial score (nSPS) is 10.1. The molecule has 0 saturated carbocycles. The molecular weight excluding hydrogens is 244 g/mol. The summed E-state index contributed by atoms with van der Waals surface area (Å²) in [6.45, 7) is 1.03. The van der Waals surface area contributed by atoms with Crippen LogP contribution in [0.25, 0.3) is 21.5 Å². The monoisotopic (exact) mass is 258 g/mol. The van der Waals surface area contributed by atoms with E-state index < -0.39 is 0 Å². The van der Waals surface area contributed by atoms with Gasteiger partial charge in [-0.25, -0.2) is 4.98 Å². The fourth-order valence-corrected chi connectivity index (χ4v) is 1.73. The summed E-state index contributed by atoms with van der Waals surface area (Å²) < 4.78 is 0. The van der Waals surface area contributed by atoms with Gasteiger partial charge in [0, 0.05) is 23.6 Å². The maximum atomic E-state index is 11.9. The van der Waals surface area contributed by atoms with Crippen LogP contribution in [0.3, 0.4) is 0 Å². The van der Waals surface area contributed by atoms with Crippen LogP contribution in [-0.2, 0) is 0 Å². The molecule has 0 aliphatic carbocycles. The Morgan fingerprint density at radius 2 is 2.37 bits per heavy atom. The average molecular weight is 258 g/mol. The van der Waals surface area contributed by atoms with Gasteiger partial charge in [-0.3, -0.25) is 4.79 Å². The van der Waals surface area contributed by atoms with Gasteiger partial charge in [-0.15, -0.1) is 0 Å². The molecule has 7 heteroatoms. The highest BCUT2D eigenvalue weighted by molar-refractivity contribution is 5.97. The van der Waals surface area contributed by atoms with Crippen molar-refractivity contribution in [1.82, 2.24) is 15.3 Å². The lowest BCUT2D eigenvalue weighted by Crippen LogP contribution is -2.24. The predicted octanol–water partition coefficient (Wildman–Crippen LogP) is 2.38. The zero-order valence-electron chi connectivity index (χ0n) is 10.3. The molecule has 98 valence electrons. The summed E-state index contributed by atoms with van der Waals surface area (Å²) in [4.78, 5) is 21.6. The number of azide groups is 1. The summed E-state index contributed by atoms with van der Waals surface area (Å²) in [5.41, 5.74) is 10.4. The molecule has 1 aromatic heterocycles. The second-order valence-electron chi connectivity index (χ2n) is 4.05. The SMILES string of the molecule is [N-]=[N+]=NCCCCNC(=O)c1ccc2nc[nH]c2c1. The Bertz CT molecular complexity index is 613. The zero-order chi connectivity index (χ0) is 13.5. The molecule has 1 heterocycles. The number of carbonyl (C=O) groups is 1. The second-order valence-corrected chi connectivity index (χ2v) is 4.05. The van der Waals surface area contributed by atoms with E-state index in [0.29, 0.717) is 18.7 Å². The quantitative estimate of drug-likeness (QED) is 0.359. The van der Waals surface area contributed by atoms with Gasteiger partial charge >= 0.3 is 0 Å². The Morgan fingerprint density at radius 3 is 3.21 bits per heavy atom. The number of imidazole rings is 1. The van der Waals surface area contributed by atoms with Crippen LogP contribution in [0.5, 0.6) is 0 Å². The number of fused-ring (bicyclic) bond motifs is 1. The standard InChI is InChI=1S/C12H14N6O/c13-18-17-6-2-1-5-14-12(19)9-3-4-10-11(7-9)16-8-15-10/h3-4,7-8H,1-2,5-6H2,(H,14,19)(H,15,16). The molecule has 0 bridgehead atoms. The molecule has 0 atom stereocenters. The van der Waals surface area contributed by atoms with E-state index in [9.17, 15) is 4.79 Å². The minimum absolute atomic E-state index is 0.111. The van der Waals surface area contributed by atoms with Gasteiger partial charge in [0.1, 0.15) is 0 Å². The van der Waals surface area contributed by atoms with Gasteiger partial charge in [-0.1, -0.05) is 5.11 Å². The summed E-state index contributed by atoms with van der Waals surface area (Å²) in [6.07, 6.45) is 3.16. The van der Waals surface area contributed by atoms with Crippen molar-refractivity contribution in [1.29, 1.82) is 0 Å². The van der Waals surface area contributed by atoms with Crippen molar-refractivity contribution >= 4 is 16.9 Å². The summed E-state index contributed by atoms with van der Waals surface area (Å²) in [5, 5.41) is 6.26. The van der Waals surface area contributed by atoms with Crippen molar-refractivity contribution < 1.29 is 4.79 Å². The van der Waals surface area contributed by atoms with Gasteiger partial charge in [0.05, 0.1) is 17.4 Å². The van der Waals surface area contributed by atoms with Crippen molar-refractivity contribution in [3.8, 4) is 0 Å². The highest BCUT2D eigenvalue weighted by Crippen LogP contribution is 2.11. The molecule has 0 radical (unpaired) electrons. The topological polar surface area (TPSA) is 107 Å². The highest BCUT2D eigenvalue weighted by Gasteiger charge is 2.06. The lowest BCUT2D eigenvalue weighted by Gasteiger charge is -2.04. The average Bonchev–Trinajstić information content (AvgIpc) is 2.89. The van der Waals surface area contributed by atoms with Crippen molar-refractivity contribution in [3.63, 3.8) is 0 Å². The van der Waals surface area contributed by atoms with Gasteiger partial charge < -0.3 is 10.3 Å². The molecular formula is C12H14N6O. The second kappa shape index (κ2) is 6.42. The maximum Gasteiger partial charge on any atom is 0.251 e. The number of H-pyrrole nitrogens is 1. The minimum atomic E-state index is -0.111. The van der Waals surface area contributed by atoms with E-state index in [1.54, 1.807) is 18.5 Å². The molecule has 1 aromatic carbocycles. The largest absolute Gasteiger partial charge is 0.352 e. The van der Waals surface area contributed by atoms with Crippen LogP contribution < -0.4 is 5.32 Å². The third-order valence-electron chi connectivity index (χ3n) is 2.72. The van der Waals surface area contributed by atoms with Gasteiger partial charge in [0.15, 0.2) is 0 Å². The van der Waals surface area contributed by atoms with Crippen molar-refractivity contribution in [3.05, 3.63) is 40.5 Å². The van der Waals surface area contributed by atoms with E-state index in [0.717, 1.165) is 23.9 Å². The number of nitrogens with zero attached hydrogens (tertiary/aromatic N) is 4. The lowest BCUT2D eigenvalue weighted by molar-refractivity contribution is 0.0953. The van der Waals surface area contributed by atoms with E-state index in [1.165, 1.54) is 0 Å². The van der Waals surface area contributed by atoms with E-state index in [4.69, 9.17) is 5.53 Å². The van der Waals surface area contributed by atoms with E-state index in [2.05, 4.69) is 25.3 Å². The van der Waals surface area contributed by atoms with Gasteiger partial charge in [-0.2, -0.15) is 0 Å². The Hall–Kier alpha value is -2.53. The van der Waals surface area contributed by atoms with Crippen LogP contribution in [0.4, 0.5) is 0 Å². The molecule has 19 heavy (non-hydrogen) atoms. The minimum Gasteiger partial charge on any atom is -0.352 e. The van der Waals surface area contributed by atoms with Crippen LogP contribution >= 0.6 is 0 Å². The first-order valence-electron chi connectivity index (χ1n) is 6.03. The van der Waals surface area contributed by atoms with Crippen LogP contribution in [0, 0.1) is 0 Å². The van der Waals surface area contributed by atoms with Crippen LogP contribution in [0.1, 0.15) is 23.2 Å². The molecule has 0 aliphatic heterocycles. The highest BCUT2D eigenvalue weighted by atomic mass is 16.1. The smallest absolute Gasteiger partial charge is 0.251 e. The van der Waals surface area contributed by atoms with E-state index in [-0.39, 0.29) is 5.91 Å². The predicted molar refractivity (Wildman–Crippen MR) is 71.7 cm³/mol. The lowest BCUT2D eigenvalue weighted by atomic mass is 10.2. The van der Waals surface area contributed by atoms with E-state index in [1.807, 2.05) is 6.07 Å². The molecule has 2 N–H and O–H groups in total. The fraction of sp³-hybridized carbons (Fsp3) is 0.333. The van der Waals surface area contributed by atoms with Gasteiger partial charge in [0.25, 0.3) is 5.91 Å². The van der Waals surface area contributed by atoms with Crippen LogP contribution in [0.15, 0.2) is 29.6 Å². The third kappa shape index (κ3) is 3.46. The first kappa shape index (κ1) is 12.9. The number of nitrogens with one attached hydrogen (secondary N) is 2. The number of aromatic nitrogens is 2. The Balaban J connectivity index is 1.83. The first-order chi connectivity index (χ1) is 9.31. The van der Waals surface area contributed by atoms with Crippen LogP contribution in [-0.4, -0.2) is 29.0 Å². The van der Waals surface area contributed by atoms with Gasteiger partial charge in [-0.05, 0) is 36.6 Å².